The second-order valence-corrected chi connectivity index (χ2v) is 0.374. The Morgan fingerprint density at radius 2 is 2.20 bits per heavy atom. The van der Waals surface area contributed by atoms with E-state index >= 15 is 0 Å². The molecule has 0 atom stereocenters. The van der Waals surface area contributed by atoms with Crippen molar-refractivity contribution in [2.75, 3.05) is 0 Å². The maximum atomic E-state index is 8.89. The van der Waals surface area contributed by atoms with Crippen molar-refractivity contribution in [1.29, 1.82) is 0 Å². The fraction of sp³-hybridized carbons (Fsp3) is 0. The Balaban J connectivity index is 3.35. The molecule has 0 aliphatic heterocycles. The quantitative estimate of drug-likeness (QED) is 0.423. The Bertz CT molecular complexity index is 79.4. The van der Waals surface area contributed by atoms with E-state index in [1.54, 1.807) is 5.04 Å². The molecule has 0 aromatic carbocycles. The standard InChI is InChI=1S/CNO3/c3-1(4)2-5/q+1/p+1. The fourth-order valence-corrected chi connectivity index (χ4v) is 0. The van der Waals surface area contributed by atoms with E-state index in [2.05, 4.69) is 0 Å². The van der Waals surface area contributed by atoms with Crippen molar-refractivity contribution in [2.45, 2.75) is 0 Å². The van der Waals surface area contributed by atoms with Crippen LogP contribution in [0.2, 0.25) is 0 Å². The molecule has 5 heavy (non-hydrogen) atoms. The second kappa shape index (κ2) is 1.46. The first kappa shape index (κ1) is 4.14. The van der Waals surface area contributed by atoms with E-state index < -0.39 is 6.09 Å². The van der Waals surface area contributed by atoms with Crippen LogP contribution in [-0.2, 0) is 4.77 Å². The molecule has 0 aliphatic carbocycles. The summed E-state index contributed by atoms with van der Waals surface area (Å²) in [4.78, 5) is 8.89. The predicted octanol–water partition coefficient (Wildman–Crippen LogP) is 0.384. The van der Waals surface area contributed by atoms with E-state index in [4.69, 9.17) is 14.7 Å². The third kappa shape index (κ3) is 3.14. The first-order chi connectivity index (χ1) is 2.27. The Kier molecular flexibility index (Phi) is 1.21. The van der Waals surface area contributed by atoms with Gasteiger partial charge in [0, 0.05) is 0 Å². The van der Waals surface area contributed by atoms with Gasteiger partial charge in [-0.2, -0.15) is 0 Å². The van der Waals surface area contributed by atoms with Gasteiger partial charge in [-0.05, 0) is 0 Å². The van der Waals surface area contributed by atoms with Gasteiger partial charge < -0.3 is 0 Å². The molecule has 26 valence electrons. The zero-order chi connectivity index (χ0) is 4.28. The summed E-state index contributed by atoms with van der Waals surface area (Å²) in [6.07, 6.45) is -1.68. The Morgan fingerprint density at radius 3 is 2.20 bits per heavy atom. The van der Waals surface area contributed by atoms with Crippen molar-refractivity contribution in [3.05, 3.63) is 5.04 Å². The number of carbonyl (C=O) groups is 1. The third-order valence-corrected chi connectivity index (χ3v) is 0.0781. The number of hydrogen-bond donors (Lipinski definition) is 1. The van der Waals surface area contributed by atoms with E-state index in [0.717, 1.165) is 0 Å². The van der Waals surface area contributed by atoms with Gasteiger partial charge in [0.25, 0.3) is 0 Å². The average Bonchev–Trinajstić information content (AvgIpc) is 1.38. The molecule has 1 N–H and O–H groups in total. The van der Waals surface area contributed by atoms with Crippen LogP contribution in [0.5, 0.6) is 0 Å². The van der Waals surface area contributed by atoms with Gasteiger partial charge in [-0.1, -0.05) is 0 Å². The van der Waals surface area contributed by atoms with Crippen LogP contribution in [0.3, 0.4) is 0 Å². The van der Waals surface area contributed by atoms with Gasteiger partial charge in [0.15, 0.2) is 0 Å². The van der Waals surface area contributed by atoms with Gasteiger partial charge in [-0.15, -0.1) is 0 Å². The zero-order valence-corrected chi connectivity index (χ0v) is 2.21. The number of nitrogens with zero attached hydrogens (tertiary/aromatic N) is 1. The van der Waals surface area contributed by atoms with Gasteiger partial charge >= 0.3 is 25.8 Å². The fourth-order valence-electron chi connectivity index (χ4n) is 0. The van der Waals surface area contributed by atoms with Crippen molar-refractivity contribution in [3.8, 4) is 0 Å². The molecule has 0 heterocycles. The van der Waals surface area contributed by atoms with Gasteiger partial charge in [0.05, 0.1) is 0 Å². The summed E-state index contributed by atoms with van der Waals surface area (Å²) < 4.78 is 8.66. The summed E-state index contributed by atoms with van der Waals surface area (Å²) in [5, 5.41) is 8.80. The van der Waals surface area contributed by atoms with Crippen molar-refractivity contribution < 1.29 is 14.7 Å². The van der Waals surface area contributed by atoms with Crippen LogP contribution in [0.4, 0.5) is 4.79 Å². The van der Waals surface area contributed by atoms with Crippen molar-refractivity contribution in [3.63, 3.8) is 0 Å². The molecule has 0 aromatic heterocycles. The van der Waals surface area contributed by atoms with Crippen LogP contribution < -0.4 is 0 Å². The molecule has 0 radical (unpaired) electrons. The summed E-state index contributed by atoms with van der Waals surface area (Å²) in [5.74, 6) is 0. The summed E-state index contributed by atoms with van der Waals surface area (Å²) >= 11 is 0. The molecule has 0 aliphatic rings. The predicted molar refractivity (Wildman–Crippen MR) is 12.1 cm³/mol. The molecule has 4 heteroatoms. The molecule has 4 nitrogen and oxygen atoms in total. The van der Waals surface area contributed by atoms with Crippen LogP contribution in [-0.4, -0.2) is 11.2 Å². The Labute approximate surface area is 27.1 Å². The van der Waals surface area contributed by atoms with Gasteiger partial charge in [0.2, 0.25) is 0 Å². The van der Waals surface area contributed by atoms with Crippen molar-refractivity contribution in [2.24, 2.45) is 0 Å². The number of hydrogen-bond acceptors (Lipinski definition) is 1. The molecule has 0 saturated heterocycles. The van der Waals surface area contributed by atoms with Crippen molar-refractivity contribution in [1.82, 2.24) is 0 Å². The summed E-state index contributed by atoms with van der Waals surface area (Å²) in [6.45, 7) is 0. The SMILES string of the molecule is O=C(O)[N+]#[O+]. The minimum absolute atomic E-state index is 1.56. The zero-order valence-electron chi connectivity index (χ0n) is 2.21. The molecular formula is CHNO3+2. The van der Waals surface area contributed by atoms with E-state index in [0.29, 0.717) is 0 Å². The first-order valence-electron chi connectivity index (χ1n) is 0.834. The monoisotopic (exact) mass is 75.0 g/mol. The van der Waals surface area contributed by atoms with Crippen LogP contribution in [0.25, 0.3) is 5.04 Å². The van der Waals surface area contributed by atoms with Crippen LogP contribution >= 0.6 is 0 Å². The molecule has 0 rings (SSSR count). The molecule has 1 amide bonds. The van der Waals surface area contributed by atoms with Crippen LogP contribution in [0.1, 0.15) is 0 Å². The molecule has 0 saturated carbocycles. The Morgan fingerprint density at radius 1 is 2.00 bits per heavy atom. The third-order valence-electron chi connectivity index (χ3n) is 0.0781. The topological polar surface area (TPSA) is 61.6 Å². The summed E-state index contributed by atoms with van der Waals surface area (Å²) in [6, 6.07) is 0. The number of amides is 1. The van der Waals surface area contributed by atoms with Crippen LogP contribution in [0, 0.1) is 0 Å². The van der Waals surface area contributed by atoms with E-state index in [-0.39, 0.29) is 0 Å². The van der Waals surface area contributed by atoms with Gasteiger partial charge in [-0.25, -0.2) is 0 Å². The minimum atomic E-state index is -1.68. The molecule has 0 bridgehead atoms. The molecule has 0 spiro atoms. The summed E-state index contributed by atoms with van der Waals surface area (Å²) in [7, 11) is 0. The van der Waals surface area contributed by atoms with Crippen LogP contribution in [0.15, 0.2) is 0 Å². The van der Waals surface area contributed by atoms with Crippen molar-refractivity contribution >= 4 is 6.09 Å². The van der Waals surface area contributed by atoms with E-state index in [9.17, 15) is 0 Å². The number of carboxylic acid groups (broad SMARTS) is 1. The summed E-state index contributed by atoms with van der Waals surface area (Å²) in [5.41, 5.74) is 0. The first-order valence-corrected chi connectivity index (χ1v) is 0.834. The number of rotatable bonds is 0. The molecule has 0 unspecified atom stereocenters. The maximum absolute atomic E-state index is 8.89. The average molecular weight is 75.0 g/mol. The normalized spacial score (nSPS) is 5.40. The van der Waals surface area contributed by atoms with E-state index in [1.165, 1.54) is 0 Å². The molecule has 0 fully saturated rings. The molecular weight excluding hydrogens is 74.0 g/mol. The van der Waals surface area contributed by atoms with Gasteiger partial charge in [0.1, 0.15) is 0 Å². The van der Waals surface area contributed by atoms with E-state index in [1.807, 2.05) is 0 Å². The second-order valence-electron chi connectivity index (χ2n) is 0.374. The Hall–Kier alpha value is -0.860. The van der Waals surface area contributed by atoms with Gasteiger partial charge in [-0.3, -0.25) is 0 Å². The molecule has 0 aromatic rings.